The molecule has 3 heterocycles. The van der Waals surface area contributed by atoms with Crippen molar-refractivity contribution in [3.63, 3.8) is 0 Å². The van der Waals surface area contributed by atoms with Gasteiger partial charge in [-0.1, -0.05) is 29.0 Å². The Morgan fingerprint density at radius 3 is 2.78 bits per heavy atom. The highest BCUT2D eigenvalue weighted by Gasteiger charge is 2.18. The lowest BCUT2D eigenvalue weighted by atomic mass is 10.1. The maximum absolute atomic E-state index is 12.1. The molecule has 4 rings (SSSR count). The number of hydrogen-bond donors (Lipinski definition) is 1. The zero-order valence-electron chi connectivity index (χ0n) is 15.2. The smallest absolute Gasteiger partial charge is 0.251 e. The van der Waals surface area contributed by atoms with Crippen LogP contribution in [0.3, 0.4) is 0 Å². The number of hydrogen-bond acceptors (Lipinski definition) is 6. The molecule has 0 amide bonds. The number of anilines is 2. The molecule has 0 saturated carbocycles. The Morgan fingerprint density at radius 1 is 1.19 bits per heavy atom. The van der Waals surface area contributed by atoms with Crippen molar-refractivity contribution in [2.75, 3.05) is 5.32 Å². The quantitative estimate of drug-likeness (QED) is 0.706. The molecule has 27 heavy (non-hydrogen) atoms. The fraction of sp³-hybridized carbons (Fsp3) is 0.263. The first-order valence-corrected chi connectivity index (χ1v) is 9.68. The van der Waals surface area contributed by atoms with Crippen molar-refractivity contribution in [1.29, 1.82) is 0 Å². The normalized spacial score (nSPS) is 13.0. The third kappa shape index (κ3) is 3.40. The summed E-state index contributed by atoms with van der Waals surface area (Å²) in [5, 5.41) is 13.7. The summed E-state index contributed by atoms with van der Waals surface area (Å²) >= 11 is 7.89. The summed E-state index contributed by atoms with van der Waals surface area (Å²) in [7, 11) is 0. The molecule has 0 saturated heterocycles. The van der Waals surface area contributed by atoms with Gasteiger partial charge in [-0.2, -0.15) is 0 Å². The van der Waals surface area contributed by atoms with Crippen molar-refractivity contribution in [2.24, 2.45) is 4.99 Å². The fourth-order valence-electron chi connectivity index (χ4n) is 2.89. The van der Waals surface area contributed by atoms with Crippen LogP contribution < -0.4 is 10.9 Å². The summed E-state index contributed by atoms with van der Waals surface area (Å²) in [5.41, 5.74) is 3.34. The zero-order valence-corrected chi connectivity index (χ0v) is 16.7. The van der Waals surface area contributed by atoms with Crippen LogP contribution in [0.15, 0.2) is 40.2 Å². The van der Waals surface area contributed by atoms with Gasteiger partial charge in [0.1, 0.15) is 0 Å². The Kier molecular flexibility index (Phi) is 4.36. The maximum Gasteiger partial charge on any atom is 0.251 e. The summed E-state index contributed by atoms with van der Waals surface area (Å²) in [4.78, 5) is 16.4. The van der Waals surface area contributed by atoms with Crippen molar-refractivity contribution in [1.82, 2.24) is 14.8 Å². The lowest BCUT2D eigenvalue weighted by Gasteiger charge is -2.22. The van der Waals surface area contributed by atoms with Gasteiger partial charge >= 0.3 is 0 Å². The standard InChI is InChI=1S/C19H18ClN5OS/c1-19(2,3)25-10-12(5-7-15(25)26)17-23-24-18(27-17)22-14-6-4-11-8-21-9-13(11)16(14)20/h4-7,9-10H,8H2,1-3H3,(H,22,24). The molecule has 1 aromatic carbocycles. The first-order valence-electron chi connectivity index (χ1n) is 8.48. The number of halogens is 1. The fourth-order valence-corrected chi connectivity index (χ4v) is 3.91. The van der Waals surface area contributed by atoms with E-state index in [0.29, 0.717) is 16.7 Å². The first kappa shape index (κ1) is 17.9. The molecule has 0 radical (unpaired) electrons. The predicted octanol–water partition coefficient (Wildman–Crippen LogP) is 4.45. The summed E-state index contributed by atoms with van der Waals surface area (Å²) < 4.78 is 1.70. The molecule has 0 aliphatic carbocycles. The minimum absolute atomic E-state index is 0.0410. The molecule has 138 valence electrons. The highest BCUT2D eigenvalue weighted by Crippen LogP contribution is 2.34. The molecule has 0 bridgehead atoms. The molecule has 3 aromatic rings. The number of fused-ring (bicyclic) bond motifs is 1. The second kappa shape index (κ2) is 6.58. The van der Waals surface area contributed by atoms with E-state index in [0.717, 1.165) is 27.4 Å². The summed E-state index contributed by atoms with van der Waals surface area (Å²) in [6, 6.07) is 7.27. The molecule has 0 fully saturated rings. The molecule has 0 unspecified atom stereocenters. The number of nitrogens with one attached hydrogen (secondary N) is 1. The molecular weight excluding hydrogens is 382 g/mol. The Morgan fingerprint density at radius 2 is 2.00 bits per heavy atom. The molecule has 2 aromatic heterocycles. The third-order valence-corrected chi connectivity index (χ3v) is 5.59. The van der Waals surface area contributed by atoms with Crippen LogP contribution in [0.2, 0.25) is 5.02 Å². The van der Waals surface area contributed by atoms with E-state index in [1.165, 1.54) is 11.3 Å². The molecule has 0 atom stereocenters. The molecule has 0 spiro atoms. The number of pyridine rings is 1. The monoisotopic (exact) mass is 399 g/mol. The zero-order chi connectivity index (χ0) is 19.2. The minimum atomic E-state index is -0.307. The van der Waals surface area contributed by atoms with E-state index in [4.69, 9.17) is 11.6 Å². The van der Waals surface area contributed by atoms with Crippen LogP contribution in [0.5, 0.6) is 0 Å². The second-order valence-corrected chi connectivity index (χ2v) is 8.66. The Hall–Kier alpha value is -2.51. The van der Waals surface area contributed by atoms with Crippen LogP contribution in [0.25, 0.3) is 10.6 Å². The molecular formula is C19H18ClN5OS. The largest absolute Gasteiger partial charge is 0.329 e. The van der Waals surface area contributed by atoms with Crippen molar-refractivity contribution in [3.8, 4) is 10.6 Å². The number of rotatable bonds is 3. The van der Waals surface area contributed by atoms with Crippen LogP contribution in [-0.2, 0) is 12.1 Å². The summed E-state index contributed by atoms with van der Waals surface area (Å²) in [5.74, 6) is 0. The number of benzene rings is 1. The Bertz CT molecular complexity index is 1110. The van der Waals surface area contributed by atoms with E-state index in [9.17, 15) is 4.79 Å². The van der Waals surface area contributed by atoms with E-state index in [1.54, 1.807) is 22.9 Å². The number of nitrogens with zero attached hydrogens (tertiary/aromatic N) is 4. The minimum Gasteiger partial charge on any atom is -0.329 e. The van der Waals surface area contributed by atoms with E-state index in [-0.39, 0.29) is 11.1 Å². The maximum atomic E-state index is 12.1. The lowest BCUT2D eigenvalue weighted by Crippen LogP contribution is -2.32. The van der Waals surface area contributed by atoms with E-state index in [1.807, 2.05) is 39.1 Å². The van der Waals surface area contributed by atoms with Gasteiger partial charge in [-0.3, -0.25) is 9.79 Å². The van der Waals surface area contributed by atoms with Gasteiger partial charge in [0.2, 0.25) is 5.13 Å². The highest BCUT2D eigenvalue weighted by atomic mass is 35.5. The lowest BCUT2D eigenvalue weighted by molar-refractivity contribution is 0.384. The third-order valence-electron chi connectivity index (χ3n) is 4.30. The van der Waals surface area contributed by atoms with E-state index in [2.05, 4.69) is 20.5 Å². The first-order chi connectivity index (χ1) is 12.8. The molecule has 1 aliphatic heterocycles. The topological polar surface area (TPSA) is 72.2 Å². The Balaban J connectivity index is 1.64. The molecule has 6 nitrogen and oxygen atoms in total. The van der Waals surface area contributed by atoms with Gasteiger partial charge in [0, 0.05) is 35.1 Å². The van der Waals surface area contributed by atoms with Crippen LogP contribution in [-0.4, -0.2) is 21.0 Å². The van der Waals surface area contributed by atoms with Gasteiger partial charge in [0.05, 0.1) is 17.3 Å². The van der Waals surface area contributed by atoms with Crippen molar-refractivity contribution in [2.45, 2.75) is 32.9 Å². The van der Waals surface area contributed by atoms with E-state index >= 15 is 0 Å². The average Bonchev–Trinajstić information content (AvgIpc) is 3.26. The van der Waals surface area contributed by atoms with Crippen molar-refractivity contribution in [3.05, 3.63) is 57.0 Å². The number of aromatic nitrogens is 3. The molecule has 1 N–H and O–H groups in total. The van der Waals surface area contributed by atoms with Gasteiger partial charge < -0.3 is 9.88 Å². The predicted molar refractivity (Wildman–Crippen MR) is 111 cm³/mol. The van der Waals surface area contributed by atoms with Crippen molar-refractivity contribution < 1.29 is 0 Å². The van der Waals surface area contributed by atoms with Crippen LogP contribution in [0, 0.1) is 0 Å². The average molecular weight is 400 g/mol. The van der Waals surface area contributed by atoms with E-state index < -0.39 is 0 Å². The van der Waals surface area contributed by atoms with Gasteiger partial charge in [-0.15, -0.1) is 10.2 Å². The summed E-state index contributed by atoms with van der Waals surface area (Å²) in [6.07, 6.45) is 3.62. The van der Waals surface area contributed by atoms with Crippen LogP contribution in [0.4, 0.5) is 10.8 Å². The molecule has 8 heteroatoms. The van der Waals surface area contributed by atoms with Gasteiger partial charge in [0.25, 0.3) is 5.56 Å². The van der Waals surface area contributed by atoms with Gasteiger partial charge in [-0.05, 0) is 38.5 Å². The number of aliphatic imine (C=N–C) groups is 1. The summed E-state index contributed by atoms with van der Waals surface area (Å²) in [6.45, 7) is 6.64. The Labute approximate surface area is 165 Å². The second-order valence-electron chi connectivity index (χ2n) is 7.30. The van der Waals surface area contributed by atoms with Crippen molar-refractivity contribution >= 4 is 40.0 Å². The highest BCUT2D eigenvalue weighted by molar-refractivity contribution is 7.18. The van der Waals surface area contributed by atoms with Crippen LogP contribution in [0.1, 0.15) is 31.9 Å². The SMILES string of the molecule is CC(C)(C)n1cc(-c2nnc(Nc3ccc4c(c3Cl)C=NC4)s2)ccc1=O. The molecule has 1 aliphatic rings. The van der Waals surface area contributed by atoms with Gasteiger partial charge in [-0.25, -0.2) is 0 Å². The van der Waals surface area contributed by atoms with Gasteiger partial charge in [0.15, 0.2) is 5.01 Å². The van der Waals surface area contributed by atoms with Crippen LogP contribution >= 0.6 is 22.9 Å².